The molecule has 124 valence electrons. The van der Waals surface area contributed by atoms with Gasteiger partial charge in [-0.2, -0.15) is 0 Å². The van der Waals surface area contributed by atoms with Crippen LogP contribution in [0, 0.1) is 0 Å². The van der Waals surface area contributed by atoms with E-state index in [2.05, 4.69) is 0 Å². The summed E-state index contributed by atoms with van der Waals surface area (Å²) in [5.74, 6) is 1.35. The molecule has 4 nitrogen and oxygen atoms in total. The second kappa shape index (κ2) is 8.70. The maximum absolute atomic E-state index is 12.2. The van der Waals surface area contributed by atoms with E-state index >= 15 is 0 Å². The smallest absolute Gasteiger partial charge is 0.154 e. The van der Waals surface area contributed by atoms with Crippen LogP contribution < -0.4 is 4.74 Å². The number of hydrogen-bond acceptors (Lipinski definition) is 4. The third-order valence-corrected chi connectivity index (χ3v) is 5.09. The van der Waals surface area contributed by atoms with Gasteiger partial charge in [-0.25, -0.2) is 8.42 Å². The van der Waals surface area contributed by atoms with Gasteiger partial charge in [0, 0.05) is 12.2 Å². The minimum atomic E-state index is -3.19. The normalized spacial score (nSPS) is 11.3. The number of sulfone groups is 1. The first-order valence-corrected chi connectivity index (χ1v) is 9.55. The van der Waals surface area contributed by atoms with Crippen molar-refractivity contribution >= 4 is 9.84 Å². The lowest BCUT2D eigenvalue weighted by Crippen LogP contribution is -2.10. The van der Waals surface area contributed by atoms with Gasteiger partial charge in [0.25, 0.3) is 0 Å². The molecule has 2 aromatic rings. The van der Waals surface area contributed by atoms with Crippen LogP contribution in [-0.2, 0) is 15.6 Å². The summed E-state index contributed by atoms with van der Waals surface area (Å²) < 4.78 is 30.3. The summed E-state index contributed by atoms with van der Waals surface area (Å²) in [5, 5.41) is 8.74. The van der Waals surface area contributed by atoms with Crippen molar-refractivity contribution in [2.45, 2.75) is 25.0 Å². The molecule has 23 heavy (non-hydrogen) atoms. The molecule has 0 aliphatic rings. The molecule has 2 rings (SSSR count). The molecule has 2 aromatic carbocycles. The molecule has 1 N–H and O–H groups in total. The van der Waals surface area contributed by atoms with E-state index in [1.54, 1.807) is 12.1 Å². The zero-order valence-electron chi connectivity index (χ0n) is 13.0. The molecular weight excluding hydrogens is 312 g/mol. The number of aliphatic hydroxyl groups excluding tert-OH is 1. The van der Waals surface area contributed by atoms with E-state index in [0.717, 1.165) is 6.42 Å². The molecule has 0 heterocycles. The molecule has 0 bridgehead atoms. The van der Waals surface area contributed by atoms with Crippen molar-refractivity contribution in [3.05, 3.63) is 60.2 Å². The number of benzene rings is 2. The predicted octanol–water partition coefficient (Wildman–Crippen LogP) is 3.56. The number of hydrogen-bond donors (Lipinski definition) is 1. The first kappa shape index (κ1) is 17.5. The van der Waals surface area contributed by atoms with Gasteiger partial charge in [0.05, 0.1) is 11.5 Å². The van der Waals surface area contributed by atoms with Crippen molar-refractivity contribution in [1.82, 2.24) is 0 Å². The number of unbranched alkanes of at least 4 members (excludes halogenated alkanes) is 2. The summed E-state index contributed by atoms with van der Waals surface area (Å²) in [6.07, 6.45) is 1.94. The van der Waals surface area contributed by atoms with E-state index in [0.29, 0.717) is 29.9 Å². The monoisotopic (exact) mass is 334 g/mol. The average Bonchev–Trinajstić information content (AvgIpc) is 2.54. The number of ether oxygens (including phenoxy) is 1. The summed E-state index contributed by atoms with van der Waals surface area (Å²) >= 11 is 0. The molecule has 5 heteroatoms. The lowest BCUT2D eigenvalue weighted by molar-refractivity contribution is 0.284. The van der Waals surface area contributed by atoms with Crippen molar-refractivity contribution < 1.29 is 18.3 Å². The van der Waals surface area contributed by atoms with E-state index in [1.807, 2.05) is 42.5 Å². The molecule has 0 amide bonds. The quantitative estimate of drug-likeness (QED) is 0.712. The highest BCUT2D eigenvalue weighted by Crippen LogP contribution is 2.26. The zero-order chi connectivity index (χ0) is 16.5. The van der Waals surface area contributed by atoms with E-state index < -0.39 is 9.84 Å². The summed E-state index contributed by atoms with van der Waals surface area (Å²) in [7, 11) is -3.19. The standard InChI is InChI=1S/C18H22O4S/c19-13-7-2-8-14-23(20,21)15-16-9-5-6-12-18(16)22-17-10-3-1-4-11-17/h1,3-6,9-12,19H,2,7-8,13-15H2. The van der Waals surface area contributed by atoms with E-state index in [9.17, 15) is 8.42 Å². The van der Waals surface area contributed by atoms with Gasteiger partial charge in [-0.3, -0.25) is 0 Å². The van der Waals surface area contributed by atoms with Gasteiger partial charge in [0.2, 0.25) is 0 Å². The molecule has 0 aliphatic carbocycles. The van der Waals surface area contributed by atoms with Gasteiger partial charge in [0.15, 0.2) is 9.84 Å². The van der Waals surface area contributed by atoms with Crippen LogP contribution in [0.3, 0.4) is 0 Å². The van der Waals surface area contributed by atoms with Crippen LogP contribution in [-0.4, -0.2) is 25.9 Å². The number of aliphatic hydroxyl groups is 1. The van der Waals surface area contributed by atoms with Crippen LogP contribution in [0.4, 0.5) is 0 Å². The Balaban J connectivity index is 2.05. The highest BCUT2D eigenvalue weighted by Gasteiger charge is 2.15. The zero-order valence-corrected chi connectivity index (χ0v) is 13.8. The molecule has 0 atom stereocenters. The van der Waals surface area contributed by atoms with Crippen LogP contribution in [0.25, 0.3) is 0 Å². The Morgan fingerprint density at radius 2 is 1.57 bits per heavy atom. The first-order valence-electron chi connectivity index (χ1n) is 7.73. The topological polar surface area (TPSA) is 63.6 Å². The summed E-state index contributed by atoms with van der Waals surface area (Å²) in [5.41, 5.74) is 0.665. The molecular formula is C18H22O4S. The SMILES string of the molecule is O=S(=O)(CCCCCO)Cc1ccccc1Oc1ccccc1. The van der Waals surface area contributed by atoms with Crippen molar-refractivity contribution in [3.63, 3.8) is 0 Å². The number of para-hydroxylation sites is 2. The van der Waals surface area contributed by atoms with E-state index in [4.69, 9.17) is 9.84 Å². The summed E-state index contributed by atoms with van der Waals surface area (Å²) in [4.78, 5) is 0. The highest BCUT2D eigenvalue weighted by atomic mass is 32.2. The van der Waals surface area contributed by atoms with Crippen LogP contribution in [0.15, 0.2) is 54.6 Å². The third kappa shape index (κ3) is 6.04. The van der Waals surface area contributed by atoms with Gasteiger partial charge in [-0.15, -0.1) is 0 Å². The molecule has 0 aliphatic heterocycles. The average molecular weight is 334 g/mol. The van der Waals surface area contributed by atoms with Gasteiger partial charge < -0.3 is 9.84 Å². The van der Waals surface area contributed by atoms with Crippen molar-refractivity contribution in [2.24, 2.45) is 0 Å². The Bertz CT molecular complexity index is 696. The lowest BCUT2D eigenvalue weighted by atomic mass is 10.2. The Labute approximate surface area is 137 Å². The van der Waals surface area contributed by atoms with Crippen molar-refractivity contribution in [2.75, 3.05) is 12.4 Å². The van der Waals surface area contributed by atoms with Crippen molar-refractivity contribution in [3.8, 4) is 11.5 Å². The molecule has 0 aromatic heterocycles. The molecule has 0 spiro atoms. The fourth-order valence-corrected chi connectivity index (χ4v) is 3.76. The van der Waals surface area contributed by atoms with Crippen LogP contribution in [0.5, 0.6) is 11.5 Å². The minimum absolute atomic E-state index is 0.0326. The molecule has 0 radical (unpaired) electrons. The maximum Gasteiger partial charge on any atom is 0.154 e. The lowest BCUT2D eigenvalue weighted by Gasteiger charge is -2.11. The Morgan fingerprint density at radius 3 is 2.30 bits per heavy atom. The summed E-state index contributed by atoms with van der Waals surface area (Å²) in [6, 6.07) is 16.5. The Morgan fingerprint density at radius 1 is 0.870 bits per heavy atom. The fourth-order valence-electron chi connectivity index (χ4n) is 2.26. The van der Waals surface area contributed by atoms with Crippen molar-refractivity contribution in [1.29, 1.82) is 0 Å². The Kier molecular flexibility index (Phi) is 6.62. The van der Waals surface area contributed by atoms with Crippen LogP contribution >= 0.6 is 0 Å². The minimum Gasteiger partial charge on any atom is -0.457 e. The molecule has 0 saturated carbocycles. The van der Waals surface area contributed by atoms with Gasteiger partial charge >= 0.3 is 0 Å². The van der Waals surface area contributed by atoms with Gasteiger partial charge in [-0.05, 0) is 31.0 Å². The Hall–Kier alpha value is -1.85. The van der Waals surface area contributed by atoms with E-state index in [-0.39, 0.29) is 18.1 Å². The van der Waals surface area contributed by atoms with E-state index in [1.165, 1.54) is 0 Å². The molecule has 0 saturated heterocycles. The summed E-state index contributed by atoms with van der Waals surface area (Å²) in [6.45, 7) is 0.105. The molecule has 0 fully saturated rings. The second-order valence-corrected chi connectivity index (χ2v) is 7.58. The highest BCUT2D eigenvalue weighted by molar-refractivity contribution is 7.90. The second-order valence-electron chi connectivity index (χ2n) is 5.40. The van der Waals surface area contributed by atoms with Crippen LogP contribution in [0.1, 0.15) is 24.8 Å². The fraction of sp³-hybridized carbons (Fsp3) is 0.333. The maximum atomic E-state index is 12.2. The van der Waals surface area contributed by atoms with Gasteiger partial charge in [0.1, 0.15) is 11.5 Å². The molecule has 0 unspecified atom stereocenters. The van der Waals surface area contributed by atoms with Crippen LogP contribution in [0.2, 0.25) is 0 Å². The third-order valence-electron chi connectivity index (χ3n) is 3.43. The first-order chi connectivity index (χ1) is 11.1. The van der Waals surface area contributed by atoms with Gasteiger partial charge in [-0.1, -0.05) is 42.8 Å². The predicted molar refractivity (Wildman–Crippen MR) is 91.4 cm³/mol. The largest absolute Gasteiger partial charge is 0.457 e. The number of rotatable bonds is 9.